The molecule has 2 heterocycles. The second kappa shape index (κ2) is 6.89. The summed E-state index contributed by atoms with van der Waals surface area (Å²) in [6, 6.07) is 8.50. The Hall–Kier alpha value is -1.94. The molecule has 1 fully saturated rings. The van der Waals surface area contributed by atoms with E-state index in [-0.39, 0.29) is 12.0 Å². The van der Waals surface area contributed by atoms with Crippen molar-refractivity contribution in [2.75, 3.05) is 24.6 Å². The molecule has 0 spiro atoms. The molecule has 1 aromatic heterocycles. The molecular weight excluding hydrogens is 298 g/mol. The number of rotatable bonds is 4. The summed E-state index contributed by atoms with van der Waals surface area (Å²) < 4.78 is 0. The highest BCUT2D eigenvalue weighted by molar-refractivity contribution is 5.46. The SMILES string of the molecule is Cc1ncc(C)c(N2CCCC(CO)(Cc3ccccc3C)C2)n1. The van der Waals surface area contributed by atoms with Crippen molar-refractivity contribution in [2.45, 2.75) is 40.0 Å². The Morgan fingerprint density at radius 1 is 1.17 bits per heavy atom. The van der Waals surface area contributed by atoms with Crippen molar-refractivity contribution in [1.82, 2.24) is 9.97 Å². The van der Waals surface area contributed by atoms with Crippen LogP contribution in [0.3, 0.4) is 0 Å². The van der Waals surface area contributed by atoms with E-state index in [2.05, 4.69) is 53.0 Å². The molecule has 1 saturated heterocycles. The van der Waals surface area contributed by atoms with E-state index in [1.807, 2.05) is 13.1 Å². The van der Waals surface area contributed by atoms with Crippen LogP contribution in [0.25, 0.3) is 0 Å². The molecule has 1 N–H and O–H groups in total. The van der Waals surface area contributed by atoms with E-state index in [0.29, 0.717) is 0 Å². The van der Waals surface area contributed by atoms with Crippen molar-refractivity contribution in [3.63, 3.8) is 0 Å². The summed E-state index contributed by atoms with van der Waals surface area (Å²) in [7, 11) is 0. The molecule has 4 heteroatoms. The Kier molecular flexibility index (Phi) is 4.86. The summed E-state index contributed by atoms with van der Waals surface area (Å²) in [5.41, 5.74) is 3.64. The molecule has 1 unspecified atom stereocenters. The lowest BCUT2D eigenvalue weighted by molar-refractivity contribution is 0.105. The van der Waals surface area contributed by atoms with Crippen LogP contribution in [-0.2, 0) is 6.42 Å². The van der Waals surface area contributed by atoms with Crippen LogP contribution in [0.5, 0.6) is 0 Å². The van der Waals surface area contributed by atoms with Crippen molar-refractivity contribution in [1.29, 1.82) is 0 Å². The van der Waals surface area contributed by atoms with Gasteiger partial charge < -0.3 is 10.0 Å². The zero-order valence-corrected chi connectivity index (χ0v) is 14.9. The van der Waals surface area contributed by atoms with E-state index in [4.69, 9.17) is 0 Å². The molecule has 0 saturated carbocycles. The maximum atomic E-state index is 10.2. The van der Waals surface area contributed by atoms with Crippen LogP contribution in [0.1, 0.15) is 35.4 Å². The van der Waals surface area contributed by atoms with Gasteiger partial charge in [0, 0.05) is 30.3 Å². The van der Waals surface area contributed by atoms with Crippen LogP contribution in [0.15, 0.2) is 30.5 Å². The lowest BCUT2D eigenvalue weighted by Crippen LogP contribution is -2.47. The van der Waals surface area contributed by atoms with Gasteiger partial charge in [-0.2, -0.15) is 0 Å². The number of piperidine rings is 1. The van der Waals surface area contributed by atoms with Gasteiger partial charge in [0.2, 0.25) is 0 Å². The van der Waals surface area contributed by atoms with E-state index < -0.39 is 0 Å². The highest BCUT2D eigenvalue weighted by Gasteiger charge is 2.36. The van der Waals surface area contributed by atoms with Gasteiger partial charge in [-0.3, -0.25) is 0 Å². The zero-order chi connectivity index (χ0) is 17.2. The Morgan fingerprint density at radius 3 is 2.71 bits per heavy atom. The summed E-state index contributed by atoms with van der Waals surface area (Å²) >= 11 is 0. The summed E-state index contributed by atoms with van der Waals surface area (Å²) in [5, 5.41) is 10.2. The number of hydrogen-bond donors (Lipinski definition) is 1. The fourth-order valence-electron chi connectivity index (χ4n) is 3.77. The van der Waals surface area contributed by atoms with Crippen LogP contribution in [0, 0.1) is 26.2 Å². The Balaban J connectivity index is 1.87. The number of aliphatic hydroxyl groups excluding tert-OH is 1. The van der Waals surface area contributed by atoms with Gasteiger partial charge in [-0.1, -0.05) is 24.3 Å². The maximum absolute atomic E-state index is 10.2. The minimum atomic E-state index is -0.102. The standard InChI is InChI=1S/C20H27N3O/c1-15-7-4-5-8-18(15)11-20(14-24)9-6-10-23(13-20)19-16(2)12-21-17(3)22-19/h4-5,7-8,12,24H,6,9-11,13-14H2,1-3H3. The van der Waals surface area contributed by atoms with Crippen molar-refractivity contribution >= 4 is 5.82 Å². The summed E-state index contributed by atoms with van der Waals surface area (Å²) in [6.45, 7) is 8.19. The molecule has 0 aliphatic carbocycles. The molecule has 0 bridgehead atoms. The Morgan fingerprint density at radius 2 is 1.96 bits per heavy atom. The molecule has 0 amide bonds. The number of nitrogens with zero attached hydrogens (tertiary/aromatic N) is 3. The van der Waals surface area contributed by atoms with Crippen LogP contribution in [0.4, 0.5) is 5.82 Å². The molecule has 4 nitrogen and oxygen atoms in total. The first kappa shape index (κ1) is 16.9. The quantitative estimate of drug-likeness (QED) is 0.938. The van der Waals surface area contributed by atoms with Crippen LogP contribution in [0.2, 0.25) is 0 Å². The van der Waals surface area contributed by atoms with E-state index in [1.165, 1.54) is 11.1 Å². The van der Waals surface area contributed by atoms with E-state index in [1.54, 1.807) is 0 Å². The minimum Gasteiger partial charge on any atom is -0.396 e. The molecule has 24 heavy (non-hydrogen) atoms. The first-order chi connectivity index (χ1) is 11.5. The smallest absolute Gasteiger partial charge is 0.135 e. The number of anilines is 1. The van der Waals surface area contributed by atoms with Gasteiger partial charge in [-0.05, 0) is 51.2 Å². The average Bonchev–Trinajstić information content (AvgIpc) is 2.59. The predicted molar refractivity (Wildman–Crippen MR) is 97.4 cm³/mol. The third-order valence-corrected chi connectivity index (χ3v) is 5.19. The topological polar surface area (TPSA) is 49.2 Å². The van der Waals surface area contributed by atoms with Crippen molar-refractivity contribution in [2.24, 2.45) is 5.41 Å². The first-order valence-corrected chi connectivity index (χ1v) is 8.74. The molecule has 0 radical (unpaired) electrons. The van der Waals surface area contributed by atoms with Gasteiger partial charge in [-0.15, -0.1) is 0 Å². The highest BCUT2D eigenvalue weighted by Crippen LogP contribution is 2.36. The highest BCUT2D eigenvalue weighted by atomic mass is 16.3. The summed E-state index contributed by atoms with van der Waals surface area (Å²) in [5.74, 6) is 1.82. The third kappa shape index (κ3) is 3.44. The number of aromatic nitrogens is 2. The van der Waals surface area contributed by atoms with Crippen molar-refractivity contribution < 1.29 is 5.11 Å². The monoisotopic (exact) mass is 325 g/mol. The molecule has 3 rings (SSSR count). The van der Waals surface area contributed by atoms with Gasteiger partial charge in [0.25, 0.3) is 0 Å². The molecule has 1 atom stereocenters. The number of aliphatic hydroxyl groups is 1. The van der Waals surface area contributed by atoms with Crippen LogP contribution in [-0.4, -0.2) is 34.8 Å². The fourth-order valence-corrected chi connectivity index (χ4v) is 3.77. The van der Waals surface area contributed by atoms with Crippen molar-refractivity contribution in [3.8, 4) is 0 Å². The fraction of sp³-hybridized carbons (Fsp3) is 0.500. The lowest BCUT2D eigenvalue weighted by Gasteiger charge is -2.43. The molecule has 128 valence electrons. The second-order valence-electron chi connectivity index (χ2n) is 7.21. The molecule has 1 aromatic carbocycles. The largest absolute Gasteiger partial charge is 0.396 e. The van der Waals surface area contributed by atoms with E-state index in [9.17, 15) is 5.11 Å². The van der Waals surface area contributed by atoms with Crippen molar-refractivity contribution in [3.05, 3.63) is 53.0 Å². The molecular formula is C20H27N3O. The number of aryl methyl sites for hydroxylation is 3. The second-order valence-corrected chi connectivity index (χ2v) is 7.21. The van der Waals surface area contributed by atoms with E-state index in [0.717, 1.165) is 49.6 Å². The van der Waals surface area contributed by atoms with Gasteiger partial charge in [0.1, 0.15) is 11.6 Å². The zero-order valence-electron chi connectivity index (χ0n) is 14.9. The maximum Gasteiger partial charge on any atom is 0.135 e. The third-order valence-electron chi connectivity index (χ3n) is 5.19. The normalized spacial score (nSPS) is 21.1. The minimum absolute atomic E-state index is 0.102. The lowest BCUT2D eigenvalue weighted by atomic mass is 9.75. The molecule has 1 aliphatic rings. The molecule has 2 aromatic rings. The van der Waals surface area contributed by atoms with E-state index >= 15 is 0 Å². The molecule has 1 aliphatic heterocycles. The summed E-state index contributed by atoms with van der Waals surface area (Å²) in [6.07, 6.45) is 4.94. The van der Waals surface area contributed by atoms with Gasteiger partial charge in [-0.25, -0.2) is 9.97 Å². The average molecular weight is 325 g/mol. The predicted octanol–water partition coefficient (Wildman–Crippen LogP) is 3.22. The Labute approximate surface area is 144 Å². The summed E-state index contributed by atoms with van der Waals surface area (Å²) in [4.78, 5) is 11.3. The van der Waals surface area contributed by atoms with Crippen LogP contribution >= 0.6 is 0 Å². The number of hydrogen-bond acceptors (Lipinski definition) is 4. The Bertz CT molecular complexity index is 716. The van der Waals surface area contributed by atoms with Gasteiger partial charge in [0.05, 0.1) is 6.61 Å². The van der Waals surface area contributed by atoms with Crippen LogP contribution < -0.4 is 4.90 Å². The number of benzene rings is 1. The van der Waals surface area contributed by atoms with Gasteiger partial charge >= 0.3 is 0 Å². The first-order valence-electron chi connectivity index (χ1n) is 8.74. The van der Waals surface area contributed by atoms with Gasteiger partial charge in [0.15, 0.2) is 0 Å².